The van der Waals surface area contributed by atoms with E-state index in [-0.39, 0.29) is 18.4 Å². The second kappa shape index (κ2) is 10.3. The van der Waals surface area contributed by atoms with E-state index in [1.54, 1.807) is 18.2 Å². The number of hydrogen-bond acceptors (Lipinski definition) is 4. The monoisotopic (exact) mass is 377 g/mol. The first-order valence-corrected chi connectivity index (χ1v) is 9.62. The number of rotatable bonds is 10. The van der Waals surface area contributed by atoms with Crippen LogP contribution < -0.4 is 5.32 Å². The van der Waals surface area contributed by atoms with Crippen LogP contribution in [-0.2, 0) is 11.2 Å². The Kier molecular flexibility index (Phi) is 8.13. The summed E-state index contributed by atoms with van der Waals surface area (Å²) in [6.07, 6.45) is 2.27. The lowest BCUT2D eigenvalue weighted by Crippen LogP contribution is -2.34. The summed E-state index contributed by atoms with van der Waals surface area (Å²) in [5, 5.41) is 7.70. The molecule has 0 fully saturated rings. The van der Waals surface area contributed by atoms with Gasteiger partial charge in [0.15, 0.2) is 5.76 Å². The van der Waals surface area contributed by atoms with Crippen molar-refractivity contribution in [1.29, 1.82) is 0 Å². The Labute approximate surface area is 160 Å². The van der Waals surface area contributed by atoms with E-state index in [1.807, 2.05) is 19.1 Å². The van der Waals surface area contributed by atoms with E-state index in [0.29, 0.717) is 16.5 Å². The summed E-state index contributed by atoms with van der Waals surface area (Å²) >= 11 is 5.89. The lowest BCUT2D eigenvalue weighted by molar-refractivity contribution is -0.121. The summed E-state index contributed by atoms with van der Waals surface area (Å²) in [5.74, 6) is 0.605. The Balaban J connectivity index is 1.78. The van der Waals surface area contributed by atoms with Gasteiger partial charge in [-0.05, 0) is 63.7 Å². The Bertz CT molecular complexity index is 681. The van der Waals surface area contributed by atoms with Gasteiger partial charge in [0.1, 0.15) is 0 Å². The van der Waals surface area contributed by atoms with Gasteiger partial charge in [-0.1, -0.05) is 30.6 Å². The summed E-state index contributed by atoms with van der Waals surface area (Å²) in [6, 6.07) is 9.28. The maximum absolute atomic E-state index is 12.2. The summed E-state index contributed by atoms with van der Waals surface area (Å²) < 4.78 is 5.33. The molecule has 1 amide bonds. The van der Waals surface area contributed by atoms with E-state index in [9.17, 15) is 4.79 Å². The van der Waals surface area contributed by atoms with Crippen molar-refractivity contribution >= 4 is 17.5 Å². The van der Waals surface area contributed by atoms with Crippen LogP contribution in [0.5, 0.6) is 0 Å². The number of nitrogens with zero attached hydrogens (tertiary/aromatic N) is 2. The average Bonchev–Trinajstić information content (AvgIpc) is 3.07. The van der Waals surface area contributed by atoms with E-state index >= 15 is 0 Å². The third-order valence-electron chi connectivity index (χ3n) is 4.44. The smallest absolute Gasteiger partial charge is 0.226 e. The molecule has 0 spiro atoms. The van der Waals surface area contributed by atoms with Gasteiger partial charge in [-0.3, -0.25) is 4.79 Å². The highest BCUT2D eigenvalue weighted by Gasteiger charge is 2.13. The van der Waals surface area contributed by atoms with Crippen LogP contribution in [0, 0.1) is 0 Å². The molecule has 0 saturated heterocycles. The standard InChI is InChI=1S/C20H28ClN3O2/c1-4-24(5-2)12-6-7-15(3)22-20(25)14-18-13-19(26-23-18)16-8-10-17(21)11-9-16/h8-11,13,15H,4-7,12,14H2,1-3H3,(H,22,25). The molecule has 6 heteroatoms. The van der Waals surface area contributed by atoms with Crippen molar-refractivity contribution < 1.29 is 9.32 Å². The zero-order valence-electron chi connectivity index (χ0n) is 15.8. The molecule has 0 aliphatic carbocycles. The fourth-order valence-corrected chi connectivity index (χ4v) is 2.99. The predicted molar refractivity (Wildman–Crippen MR) is 105 cm³/mol. The Morgan fingerprint density at radius 2 is 1.96 bits per heavy atom. The summed E-state index contributed by atoms with van der Waals surface area (Å²) in [6.45, 7) is 9.59. The molecule has 1 N–H and O–H groups in total. The first-order valence-electron chi connectivity index (χ1n) is 9.25. The molecule has 26 heavy (non-hydrogen) atoms. The number of benzene rings is 1. The fraction of sp³-hybridized carbons (Fsp3) is 0.500. The molecule has 0 bridgehead atoms. The van der Waals surface area contributed by atoms with Crippen molar-refractivity contribution in [2.75, 3.05) is 19.6 Å². The van der Waals surface area contributed by atoms with Gasteiger partial charge in [0.25, 0.3) is 0 Å². The fourth-order valence-electron chi connectivity index (χ4n) is 2.87. The quantitative estimate of drug-likeness (QED) is 0.675. The minimum Gasteiger partial charge on any atom is -0.356 e. The topological polar surface area (TPSA) is 58.4 Å². The van der Waals surface area contributed by atoms with Crippen LogP contribution >= 0.6 is 11.6 Å². The molecule has 1 aromatic carbocycles. The third-order valence-corrected chi connectivity index (χ3v) is 4.69. The van der Waals surface area contributed by atoms with Crippen LogP contribution in [0.15, 0.2) is 34.9 Å². The first kappa shape index (κ1) is 20.5. The van der Waals surface area contributed by atoms with Crippen molar-refractivity contribution in [3.63, 3.8) is 0 Å². The van der Waals surface area contributed by atoms with Crippen molar-refractivity contribution in [2.24, 2.45) is 0 Å². The Hall–Kier alpha value is -1.85. The molecule has 1 atom stereocenters. The lowest BCUT2D eigenvalue weighted by atomic mass is 10.1. The maximum atomic E-state index is 12.2. The molecule has 142 valence electrons. The number of hydrogen-bond donors (Lipinski definition) is 1. The van der Waals surface area contributed by atoms with Crippen LogP contribution in [0.25, 0.3) is 11.3 Å². The van der Waals surface area contributed by atoms with Gasteiger partial charge >= 0.3 is 0 Å². The van der Waals surface area contributed by atoms with Crippen molar-refractivity contribution in [3.05, 3.63) is 41.0 Å². The van der Waals surface area contributed by atoms with Crippen LogP contribution in [0.4, 0.5) is 0 Å². The average molecular weight is 378 g/mol. The van der Waals surface area contributed by atoms with E-state index in [2.05, 4.69) is 29.2 Å². The van der Waals surface area contributed by atoms with Gasteiger partial charge in [0, 0.05) is 22.7 Å². The van der Waals surface area contributed by atoms with Gasteiger partial charge < -0.3 is 14.7 Å². The lowest BCUT2D eigenvalue weighted by Gasteiger charge is -2.19. The maximum Gasteiger partial charge on any atom is 0.226 e. The van der Waals surface area contributed by atoms with Gasteiger partial charge in [-0.15, -0.1) is 0 Å². The first-order chi connectivity index (χ1) is 12.5. The molecule has 1 heterocycles. The number of carbonyl (C=O) groups is 1. The van der Waals surface area contributed by atoms with Gasteiger partial charge in [-0.25, -0.2) is 0 Å². The molecule has 1 unspecified atom stereocenters. The highest BCUT2D eigenvalue weighted by Crippen LogP contribution is 2.22. The highest BCUT2D eigenvalue weighted by atomic mass is 35.5. The molecule has 1 aromatic heterocycles. The normalized spacial score (nSPS) is 12.3. The minimum atomic E-state index is -0.0312. The molecule has 0 aliphatic rings. The largest absolute Gasteiger partial charge is 0.356 e. The van der Waals surface area contributed by atoms with Gasteiger partial charge in [-0.2, -0.15) is 0 Å². The van der Waals surface area contributed by atoms with E-state index in [0.717, 1.165) is 38.0 Å². The van der Waals surface area contributed by atoms with E-state index in [4.69, 9.17) is 16.1 Å². The third kappa shape index (κ3) is 6.46. The second-order valence-electron chi connectivity index (χ2n) is 6.50. The molecule has 0 aliphatic heterocycles. The van der Waals surface area contributed by atoms with E-state index in [1.165, 1.54) is 0 Å². The second-order valence-corrected chi connectivity index (χ2v) is 6.94. The number of aromatic nitrogens is 1. The number of carbonyl (C=O) groups excluding carboxylic acids is 1. The van der Waals surface area contributed by atoms with E-state index < -0.39 is 0 Å². The molecular weight excluding hydrogens is 350 g/mol. The number of amides is 1. The van der Waals surface area contributed by atoms with Gasteiger partial charge in [0.2, 0.25) is 5.91 Å². The Morgan fingerprint density at radius 1 is 1.27 bits per heavy atom. The molecule has 0 radical (unpaired) electrons. The summed E-state index contributed by atoms with van der Waals surface area (Å²) in [4.78, 5) is 14.6. The van der Waals surface area contributed by atoms with Crippen LogP contribution in [0.2, 0.25) is 5.02 Å². The molecule has 2 aromatic rings. The zero-order chi connectivity index (χ0) is 18.9. The minimum absolute atomic E-state index is 0.0312. The van der Waals surface area contributed by atoms with Crippen molar-refractivity contribution in [3.8, 4) is 11.3 Å². The molecule has 5 nitrogen and oxygen atoms in total. The number of nitrogens with one attached hydrogen (secondary N) is 1. The van der Waals surface area contributed by atoms with Crippen LogP contribution in [0.1, 0.15) is 39.3 Å². The predicted octanol–water partition coefficient (Wildman–Crippen LogP) is 4.16. The molecular formula is C20H28ClN3O2. The summed E-state index contributed by atoms with van der Waals surface area (Å²) in [5.41, 5.74) is 1.51. The highest BCUT2D eigenvalue weighted by molar-refractivity contribution is 6.30. The van der Waals surface area contributed by atoms with Crippen LogP contribution in [0.3, 0.4) is 0 Å². The van der Waals surface area contributed by atoms with Crippen LogP contribution in [-0.4, -0.2) is 41.6 Å². The molecule has 2 rings (SSSR count). The Morgan fingerprint density at radius 3 is 2.62 bits per heavy atom. The van der Waals surface area contributed by atoms with Crippen molar-refractivity contribution in [1.82, 2.24) is 15.4 Å². The van der Waals surface area contributed by atoms with Crippen molar-refractivity contribution in [2.45, 2.75) is 46.1 Å². The molecule has 0 saturated carbocycles. The van der Waals surface area contributed by atoms with Gasteiger partial charge in [0.05, 0.1) is 12.1 Å². The zero-order valence-corrected chi connectivity index (χ0v) is 16.6. The number of halogens is 1. The SMILES string of the molecule is CCN(CC)CCCC(C)NC(=O)Cc1cc(-c2ccc(Cl)cc2)on1. The summed E-state index contributed by atoms with van der Waals surface area (Å²) in [7, 11) is 0.